The lowest BCUT2D eigenvalue weighted by Gasteiger charge is -2.27. The van der Waals surface area contributed by atoms with E-state index in [1.165, 1.54) is 17.4 Å². The number of Topliss-reactive ketones (excluding diaryl/α,β-unsaturated/α-hetero) is 1. The van der Waals surface area contributed by atoms with E-state index in [2.05, 4.69) is 29.6 Å². The molecule has 0 aliphatic carbocycles. The van der Waals surface area contributed by atoms with E-state index in [4.69, 9.17) is 4.74 Å². The number of thioether (sulfide) groups is 1. The highest BCUT2D eigenvalue weighted by Crippen LogP contribution is 2.35. The Bertz CT molecular complexity index is 717. The zero-order chi connectivity index (χ0) is 17.6. The number of carbonyl (C=O) groups excluding carboxylic acids is 1. The molecule has 0 radical (unpaired) electrons. The van der Waals surface area contributed by atoms with Crippen LogP contribution in [-0.4, -0.2) is 35.9 Å². The fraction of sp³-hybridized carbons (Fsp3) is 0.350. The number of aliphatic hydroxyl groups excluding tert-OH is 1. The maximum Gasteiger partial charge on any atom is 0.159 e. The summed E-state index contributed by atoms with van der Waals surface area (Å²) in [6.45, 7) is 2.23. The number of rotatable bonds is 7. The number of aliphatic hydroxyl groups is 1. The van der Waals surface area contributed by atoms with Crippen LogP contribution in [0, 0.1) is 0 Å². The van der Waals surface area contributed by atoms with Gasteiger partial charge in [0.15, 0.2) is 5.78 Å². The van der Waals surface area contributed by atoms with Gasteiger partial charge in [-0.2, -0.15) is 0 Å². The molecular formula is C20H23NO3S. The third kappa shape index (κ3) is 4.84. The largest absolute Gasteiger partial charge is 0.491 e. The normalized spacial score (nSPS) is 17.6. The highest BCUT2D eigenvalue weighted by atomic mass is 32.2. The Morgan fingerprint density at radius 3 is 2.80 bits per heavy atom. The number of ketones is 1. The molecular weight excluding hydrogens is 334 g/mol. The summed E-state index contributed by atoms with van der Waals surface area (Å²) in [4.78, 5) is 12.6. The zero-order valence-electron chi connectivity index (χ0n) is 14.3. The molecule has 25 heavy (non-hydrogen) atoms. The molecule has 0 unspecified atom stereocenters. The second kappa shape index (κ2) is 8.52. The summed E-state index contributed by atoms with van der Waals surface area (Å²) in [7, 11) is 0. The van der Waals surface area contributed by atoms with Crippen molar-refractivity contribution in [1.29, 1.82) is 0 Å². The van der Waals surface area contributed by atoms with E-state index in [-0.39, 0.29) is 18.4 Å². The molecule has 0 spiro atoms. The second-order valence-electron chi connectivity index (χ2n) is 6.18. The summed E-state index contributed by atoms with van der Waals surface area (Å²) in [5.74, 6) is 1.77. The SMILES string of the molecule is CC(=O)c1ccc(OC[C@H](O)CN[C@@H]2CCSc3ccccc32)cc1. The fourth-order valence-electron chi connectivity index (χ4n) is 2.87. The topological polar surface area (TPSA) is 58.6 Å². The van der Waals surface area contributed by atoms with Crippen molar-refractivity contribution in [2.75, 3.05) is 18.9 Å². The summed E-state index contributed by atoms with van der Waals surface area (Å²) < 4.78 is 5.61. The highest BCUT2D eigenvalue weighted by Gasteiger charge is 2.20. The molecule has 132 valence electrons. The summed E-state index contributed by atoms with van der Waals surface area (Å²) in [6.07, 6.45) is 0.469. The van der Waals surface area contributed by atoms with E-state index in [0.717, 1.165) is 12.2 Å². The number of benzene rings is 2. The van der Waals surface area contributed by atoms with Gasteiger partial charge in [-0.1, -0.05) is 18.2 Å². The molecule has 1 heterocycles. The van der Waals surface area contributed by atoms with Crippen molar-refractivity contribution in [3.8, 4) is 5.75 Å². The smallest absolute Gasteiger partial charge is 0.159 e. The van der Waals surface area contributed by atoms with Crippen molar-refractivity contribution in [2.45, 2.75) is 30.4 Å². The van der Waals surface area contributed by atoms with Gasteiger partial charge in [0.2, 0.25) is 0 Å². The van der Waals surface area contributed by atoms with Crippen molar-refractivity contribution in [3.05, 3.63) is 59.7 Å². The number of carbonyl (C=O) groups is 1. The van der Waals surface area contributed by atoms with Gasteiger partial charge in [0, 0.05) is 23.0 Å². The van der Waals surface area contributed by atoms with Crippen molar-refractivity contribution in [3.63, 3.8) is 0 Å². The van der Waals surface area contributed by atoms with Crippen molar-refractivity contribution in [2.24, 2.45) is 0 Å². The van der Waals surface area contributed by atoms with Gasteiger partial charge in [0.05, 0.1) is 0 Å². The van der Waals surface area contributed by atoms with Crippen LogP contribution in [0.25, 0.3) is 0 Å². The van der Waals surface area contributed by atoms with E-state index in [9.17, 15) is 9.90 Å². The summed E-state index contributed by atoms with van der Waals surface area (Å²) in [5, 5.41) is 13.6. The third-order valence-corrected chi connectivity index (χ3v) is 5.38. The Labute approximate surface area is 152 Å². The molecule has 0 saturated heterocycles. The van der Waals surface area contributed by atoms with Crippen LogP contribution >= 0.6 is 11.8 Å². The third-order valence-electron chi connectivity index (χ3n) is 4.26. The minimum Gasteiger partial charge on any atom is -0.491 e. The van der Waals surface area contributed by atoms with E-state index in [1.54, 1.807) is 24.3 Å². The highest BCUT2D eigenvalue weighted by molar-refractivity contribution is 7.99. The summed E-state index contributed by atoms with van der Waals surface area (Å²) in [5.41, 5.74) is 1.97. The minimum absolute atomic E-state index is 0.0294. The molecule has 1 aliphatic heterocycles. The molecule has 2 aromatic rings. The first-order valence-electron chi connectivity index (χ1n) is 8.50. The Morgan fingerprint density at radius 1 is 1.28 bits per heavy atom. The van der Waals surface area contributed by atoms with Gasteiger partial charge >= 0.3 is 0 Å². The van der Waals surface area contributed by atoms with Crippen LogP contribution in [0.5, 0.6) is 5.75 Å². The lowest BCUT2D eigenvalue weighted by molar-refractivity contribution is 0.101. The zero-order valence-corrected chi connectivity index (χ0v) is 15.1. The first-order chi connectivity index (χ1) is 12.1. The number of hydrogen-bond donors (Lipinski definition) is 2. The van der Waals surface area contributed by atoms with Crippen LogP contribution < -0.4 is 10.1 Å². The molecule has 3 rings (SSSR count). The molecule has 5 heteroatoms. The predicted octanol–water partition coefficient (Wildman–Crippen LogP) is 3.46. The second-order valence-corrected chi connectivity index (χ2v) is 7.32. The number of ether oxygens (including phenoxy) is 1. The molecule has 0 saturated carbocycles. The average Bonchev–Trinajstić information content (AvgIpc) is 2.65. The van der Waals surface area contributed by atoms with Crippen LogP contribution in [0.2, 0.25) is 0 Å². The Balaban J connectivity index is 1.47. The lowest BCUT2D eigenvalue weighted by atomic mass is 10.0. The number of hydrogen-bond acceptors (Lipinski definition) is 5. The Kier molecular flexibility index (Phi) is 6.13. The molecule has 0 aromatic heterocycles. The maximum atomic E-state index is 11.3. The van der Waals surface area contributed by atoms with Crippen LogP contribution in [0.15, 0.2) is 53.4 Å². The number of fused-ring (bicyclic) bond motifs is 1. The van der Waals surface area contributed by atoms with Crippen molar-refractivity contribution in [1.82, 2.24) is 5.32 Å². The molecule has 2 N–H and O–H groups in total. The van der Waals surface area contributed by atoms with Crippen molar-refractivity contribution < 1.29 is 14.6 Å². The van der Waals surface area contributed by atoms with Crippen LogP contribution in [0.4, 0.5) is 0 Å². The van der Waals surface area contributed by atoms with Crippen LogP contribution in [-0.2, 0) is 0 Å². The summed E-state index contributed by atoms with van der Waals surface area (Å²) >= 11 is 1.89. The maximum absolute atomic E-state index is 11.3. The van der Waals surface area contributed by atoms with Crippen molar-refractivity contribution >= 4 is 17.5 Å². The van der Waals surface area contributed by atoms with Gasteiger partial charge in [-0.25, -0.2) is 0 Å². The molecule has 1 aliphatic rings. The van der Waals surface area contributed by atoms with Crippen LogP contribution in [0.1, 0.15) is 35.3 Å². The lowest BCUT2D eigenvalue weighted by Crippen LogP contribution is -2.35. The van der Waals surface area contributed by atoms with Gasteiger partial charge in [-0.3, -0.25) is 4.79 Å². The van der Waals surface area contributed by atoms with E-state index in [0.29, 0.717) is 17.9 Å². The predicted molar refractivity (Wildman–Crippen MR) is 100 cm³/mol. The average molecular weight is 357 g/mol. The molecule has 2 aromatic carbocycles. The van der Waals surface area contributed by atoms with Gasteiger partial charge in [-0.15, -0.1) is 11.8 Å². The molecule has 4 nitrogen and oxygen atoms in total. The quantitative estimate of drug-likeness (QED) is 0.743. The molecule has 0 bridgehead atoms. The van der Waals surface area contributed by atoms with Gasteiger partial charge in [0.1, 0.15) is 18.5 Å². The fourth-order valence-corrected chi connectivity index (χ4v) is 3.99. The Morgan fingerprint density at radius 2 is 2.04 bits per heavy atom. The van der Waals surface area contributed by atoms with Gasteiger partial charge in [-0.05, 0) is 55.0 Å². The summed E-state index contributed by atoms with van der Waals surface area (Å²) in [6, 6.07) is 15.7. The standard InChI is InChI=1S/C20H23NO3S/c1-14(22)15-6-8-17(9-7-15)24-13-16(23)12-21-19-10-11-25-20-5-3-2-4-18(19)20/h2-9,16,19,21,23H,10-13H2,1H3/t16-,19-/m1/s1. The monoisotopic (exact) mass is 357 g/mol. The van der Waals surface area contributed by atoms with E-state index >= 15 is 0 Å². The van der Waals surface area contributed by atoms with E-state index in [1.807, 2.05) is 11.8 Å². The van der Waals surface area contributed by atoms with E-state index < -0.39 is 6.10 Å². The van der Waals surface area contributed by atoms with Crippen LogP contribution in [0.3, 0.4) is 0 Å². The molecule has 0 fully saturated rings. The molecule has 2 atom stereocenters. The first kappa shape index (κ1) is 18.0. The van der Waals surface area contributed by atoms with Gasteiger partial charge < -0.3 is 15.2 Å². The van der Waals surface area contributed by atoms with Gasteiger partial charge in [0.25, 0.3) is 0 Å². The first-order valence-corrected chi connectivity index (χ1v) is 9.49. The minimum atomic E-state index is -0.589. The molecule has 0 amide bonds. The Hall–Kier alpha value is -1.82. The number of nitrogens with one attached hydrogen (secondary N) is 1.